The molecule has 0 unspecified atom stereocenters. The van der Waals surface area contributed by atoms with Crippen LogP contribution in [0.15, 0.2) is 0 Å². The maximum atomic E-state index is 12.2. The maximum Gasteiger partial charge on any atom is 0.335 e. The van der Waals surface area contributed by atoms with Crippen LogP contribution in [0.25, 0.3) is 0 Å². The predicted molar refractivity (Wildman–Crippen MR) is 73.0 cm³/mol. The van der Waals surface area contributed by atoms with Gasteiger partial charge in [-0.25, -0.2) is 18.0 Å². The van der Waals surface area contributed by atoms with Crippen LogP contribution in [-0.2, 0) is 33.8 Å². The van der Waals surface area contributed by atoms with Crippen molar-refractivity contribution in [3.63, 3.8) is 0 Å². The zero-order chi connectivity index (χ0) is 15.9. The fourth-order valence-electron chi connectivity index (χ4n) is 1.89. The van der Waals surface area contributed by atoms with E-state index in [0.29, 0.717) is 26.1 Å². The molecule has 1 rings (SSSR count). The highest BCUT2D eigenvalue weighted by Gasteiger charge is 2.37. The third-order valence-electron chi connectivity index (χ3n) is 2.93. The molecule has 8 nitrogen and oxygen atoms in total. The topological polar surface area (TPSA) is 108 Å². The summed E-state index contributed by atoms with van der Waals surface area (Å²) in [6.07, 6.45) is 0.626. The molecule has 122 valence electrons. The van der Waals surface area contributed by atoms with Gasteiger partial charge in [0.25, 0.3) is 0 Å². The van der Waals surface area contributed by atoms with E-state index in [-0.39, 0.29) is 13.2 Å². The SMILES string of the molecule is CCOC(=O)C(NS(=O)(=O)C1CCOCC1)C(=O)OCC. The molecular formula is C12H21NO7S. The van der Waals surface area contributed by atoms with Crippen LogP contribution >= 0.6 is 0 Å². The van der Waals surface area contributed by atoms with Crippen molar-refractivity contribution in [2.45, 2.75) is 38.0 Å². The molecule has 0 aromatic rings. The van der Waals surface area contributed by atoms with Gasteiger partial charge >= 0.3 is 11.9 Å². The van der Waals surface area contributed by atoms with Gasteiger partial charge in [-0.05, 0) is 26.7 Å². The van der Waals surface area contributed by atoms with Gasteiger partial charge in [-0.2, -0.15) is 4.72 Å². The zero-order valence-corrected chi connectivity index (χ0v) is 13.0. The van der Waals surface area contributed by atoms with Crippen LogP contribution in [0, 0.1) is 0 Å². The van der Waals surface area contributed by atoms with Crippen LogP contribution in [0.4, 0.5) is 0 Å². The maximum absolute atomic E-state index is 12.2. The van der Waals surface area contributed by atoms with Crippen molar-refractivity contribution in [3.8, 4) is 0 Å². The molecule has 1 saturated heterocycles. The number of esters is 2. The average Bonchev–Trinajstić information content (AvgIpc) is 2.46. The van der Waals surface area contributed by atoms with Gasteiger partial charge in [-0.15, -0.1) is 0 Å². The van der Waals surface area contributed by atoms with Gasteiger partial charge in [0, 0.05) is 13.2 Å². The highest BCUT2D eigenvalue weighted by Crippen LogP contribution is 2.15. The lowest BCUT2D eigenvalue weighted by molar-refractivity contribution is -0.157. The van der Waals surface area contributed by atoms with Crippen molar-refractivity contribution >= 4 is 22.0 Å². The summed E-state index contributed by atoms with van der Waals surface area (Å²) in [4.78, 5) is 23.5. The van der Waals surface area contributed by atoms with Crippen molar-refractivity contribution < 1.29 is 32.2 Å². The first-order valence-electron chi connectivity index (χ1n) is 6.84. The van der Waals surface area contributed by atoms with Crippen LogP contribution < -0.4 is 4.72 Å². The van der Waals surface area contributed by atoms with Gasteiger partial charge in [0.2, 0.25) is 16.1 Å². The first kappa shape index (κ1) is 17.9. The molecule has 9 heteroatoms. The van der Waals surface area contributed by atoms with E-state index in [1.807, 2.05) is 0 Å². The minimum atomic E-state index is -3.84. The predicted octanol–water partition coefficient (Wildman–Crippen LogP) is -0.420. The summed E-state index contributed by atoms with van der Waals surface area (Å²) < 4.78 is 41.1. The number of ether oxygens (including phenoxy) is 3. The number of hydrogen-bond donors (Lipinski definition) is 1. The molecule has 0 saturated carbocycles. The zero-order valence-electron chi connectivity index (χ0n) is 12.2. The second-order valence-electron chi connectivity index (χ2n) is 4.41. The standard InChI is InChI=1S/C12H21NO7S/c1-3-19-11(14)10(12(15)20-4-2)13-21(16,17)9-5-7-18-8-6-9/h9-10,13H,3-8H2,1-2H3. The van der Waals surface area contributed by atoms with Gasteiger partial charge in [-0.3, -0.25) is 0 Å². The molecule has 0 aromatic heterocycles. The molecule has 0 spiro atoms. The Morgan fingerprint density at radius 3 is 2.05 bits per heavy atom. The smallest absolute Gasteiger partial charge is 0.335 e. The number of carbonyl (C=O) groups excluding carboxylic acids is 2. The Kier molecular flexibility index (Phi) is 7.06. The summed E-state index contributed by atoms with van der Waals surface area (Å²) in [6, 6.07) is -1.67. The summed E-state index contributed by atoms with van der Waals surface area (Å²) in [5.74, 6) is -1.93. The normalized spacial score (nSPS) is 16.7. The van der Waals surface area contributed by atoms with Crippen LogP contribution in [0.1, 0.15) is 26.7 Å². The van der Waals surface area contributed by atoms with E-state index in [0.717, 1.165) is 0 Å². The molecule has 1 N–H and O–H groups in total. The summed E-state index contributed by atoms with van der Waals surface area (Å²) in [6.45, 7) is 3.85. The van der Waals surface area contributed by atoms with Gasteiger partial charge < -0.3 is 14.2 Å². The molecule has 1 aliphatic heterocycles. The molecule has 0 atom stereocenters. The third kappa shape index (κ3) is 5.25. The van der Waals surface area contributed by atoms with Gasteiger partial charge in [0.1, 0.15) is 0 Å². The Morgan fingerprint density at radius 1 is 1.14 bits per heavy atom. The van der Waals surface area contributed by atoms with E-state index in [1.54, 1.807) is 13.8 Å². The number of nitrogens with one attached hydrogen (secondary N) is 1. The molecule has 0 radical (unpaired) electrons. The molecule has 21 heavy (non-hydrogen) atoms. The fraction of sp³-hybridized carbons (Fsp3) is 0.833. The lowest BCUT2D eigenvalue weighted by Crippen LogP contribution is -2.51. The van der Waals surface area contributed by atoms with Crippen molar-refractivity contribution in [3.05, 3.63) is 0 Å². The van der Waals surface area contributed by atoms with Crippen molar-refractivity contribution in [1.29, 1.82) is 0 Å². The van der Waals surface area contributed by atoms with Gasteiger partial charge in [0.15, 0.2) is 0 Å². The Hall–Kier alpha value is -1.19. The van der Waals surface area contributed by atoms with Crippen molar-refractivity contribution in [2.24, 2.45) is 0 Å². The Balaban J connectivity index is 2.83. The third-order valence-corrected chi connectivity index (χ3v) is 4.85. The van der Waals surface area contributed by atoms with E-state index < -0.39 is 33.3 Å². The highest BCUT2D eigenvalue weighted by atomic mass is 32.2. The summed E-state index contributed by atoms with van der Waals surface area (Å²) in [5.41, 5.74) is 0. The van der Waals surface area contributed by atoms with E-state index in [4.69, 9.17) is 14.2 Å². The van der Waals surface area contributed by atoms with Crippen molar-refractivity contribution in [2.75, 3.05) is 26.4 Å². The van der Waals surface area contributed by atoms with Crippen LogP contribution in [-0.4, -0.2) is 58.1 Å². The molecule has 1 heterocycles. The Bertz CT molecular complexity index is 438. The minimum Gasteiger partial charge on any atom is -0.464 e. The number of rotatable bonds is 7. The lowest BCUT2D eigenvalue weighted by atomic mass is 10.2. The largest absolute Gasteiger partial charge is 0.464 e. The molecule has 0 amide bonds. The second kappa shape index (κ2) is 8.30. The number of hydrogen-bond acceptors (Lipinski definition) is 7. The molecular weight excluding hydrogens is 302 g/mol. The lowest BCUT2D eigenvalue weighted by Gasteiger charge is -2.24. The second-order valence-corrected chi connectivity index (χ2v) is 6.40. The summed E-state index contributed by atoms with van der Waals surface area (Å²) in [7, 11) is -3.84. The highest BCUT2D eigenvalue weighted by molar-refractivity contribution is 7.90. The van der Waals surface area contributed by atoms with Gasteiger partial charge in [0.05, 0.1) is 18.5 Å². The van der Waals surface area contributed by atoms with E-state index in [9.17, 15) is 18.0 Å². The Morgan fingerprint density at radius 2 is 1.62 bits per heavy atom. The van der Waals surface area contributed by atoms with Crippen LogP contribution in [0.5, 0.6) is 0 Å². The summed E-state index contributed by atoms with van der Waals surface area (Å²) >= 11 is 0. The molecule has 0 bridgehead atoms. The number of carbonyl (C=O) groups is 2. The van der Waals surface area contributed by atoms with Crippen LogP contribution in [0.3, 0.4) is 0 Å². The van der Waals surface area contributed by atoms with Crippen LogP contribution in [0.2, 0.25) is 0 Å². The van der Waals surface area contributed by atoms with E-state index in [2.05, 4.69) is 4.72 Å². The molecule has 1 fully saturated rings. The average molecular weight is 323 g/mol. The van der Waals surface area contributed by atoms with Gasteiger partial charge in [-0.1, -0.05) is 0 Å². The van der Waals surface area contributed by atoms with E-state index in [1.165, 1.54) is 0 Å². The van der Waals surface area contributed by atoms with Crippen molar-refractivity contribution in [1.82, 2.24) is 4.72 Å². The fourth-order valence-corrected chi connectivity index (χ4v) is 3.42. The molecule has 0 aliphatic carbocycles. The summed E-state index contributed by atoms with van der Waals surface area (Å²) in [5, 5.41) is -0.697. The first-order valence-corrected chi connectivity index (χ1v) is 8.39. The van der Waals surface area contributed by atoms with E-state index >= 15 is 0 Å². The molecule has 1 aliphatic rings. The first-order chi connectivity index (χ1) is 9.92. The quantitative estimate of drug-likeness (QED) is 0.500. The monoisotopic (exact) mass is 323 g/mol. The number of sulfonamides is 1. The molecule has 0 aromatic carbocycles. The minimum absolute atomic E-state index is 0.0355. The Labute approximate surface area is 124 Å².